The molecule has 0 bridgehead atoms. The fourth-order valence-electron chi connectivity index (χ4n) is 2.29. The molecule has 0 unspecified atom stereocenters. The molecule has 2 aromatic heterocycles. The maximum Gasteiger partial charge on any atom is 0.227 e. The predicted octanol–water partition coefficient (Wildman–Crippen LogP) is 0.930. The molecule has 0 saturated carbocycles. The van der Waals surface area contributed by atoms with Crippen molar-refractivity contribution in [3.8, 4) is 5.75 Å². The predicted molar refractivity (Wildman–Crippen MR) is 67.9 cm³/mol. The lowest BCUT2D eigenvalue weighted by atomic mass is 10.1. The van der Waals surface area contributed by atoms with Crippen LogP contribution in [0.25, 0.3) is 0 Å². The van der Waals surface area contributed by atoms with Crippen molar-refractivity contribution in [1.29, 1.82) is 0 Å². The molecular formula is C13H15N3O3. The highest BCUT2D eigenvalue weighted by atomic mass is 16.5. The molecule has 100 valence electrons. The lowest BCUT2D eigenvalue weighted by molar-refractivity contribution is 0.218. The van der Waals surface area contributed by atoms with Crippen molar-refractivity contribution in [2.75, 3.05) is 13.7 Å². The summed E-state index contributed by atoms with van der Waals surface area (Å²) < 4.78 is 10.3. The van der Waals surface area contributed by atoms with Gasteiger partial charge in [0, 0.05) is 25.6 Å². The van der Waals surface area contributed by atoms with Crippen LogP contribution >= 0.6 is 0 Å². The molecule has 0 aromatic carbocycles. The fraction of sp³-hybridized carbons (Fsp3) is 0.385. The zero-order chi connectivity index (χ0) is 13.2. The Kier molecular flexibility index (Phi) is 3.08. The third-order valence-electron chi connectivity index (χ3n) is 3.31. The molecule has 19 heavy (non-hydrogen) atoms. The zero-order valence-electron chi connectivity index (χ0n) is 10.7. The van der Waals surface area contributed by atoms with Crippen LogP contribution < -0.4 is 10.2 Å². The number of hydrogen-bond donors (Lipinski definition) is 1. The molecule has 0 saturated heterocycles. The van der Waals surface area contributed by atoms with E-state index in [0.717, 1.165) is 30.9 Å². The van der Waals surface area contributed by atoms with Gasteiger partial charge < -0.3 is 14.1 Å². The Morgan fingerprint density at radius 1 is 1.58 bits per heavy atom. The Bertz CT molecular complexity index is 632. The minimum Gasteiger partial charge on any atom is -0.490 e. The quantitative estimate of drug-likeness (QED) is 0.890. The average Bonchev–Trinajstić information content (AvgIpc) is 2.86. The Morgan fingerprint density at radius 3 is 3.26 bits per heavy atom. The van der Waals surface area contributed by atoms with Crippen molar-refractivity contribution < 1.29 is 9.15 Å². The molecule has 6 heteroatoms. The molecule has 0 spiro atoms. The van der Waals surface area contributed by atoms with Gasteiger partial charge in [-0.2, -0.15) is 0 Å². The average molecular weight is 261 g/mol. The number of ether oxygens (including phenoxy) is 1. The molecule has 0 fully saturated rings. The van der Waals surface area contributed by atoms with Gasteiger partial charge in [0.05, 0.1) is 31.4 Å². The van der Waals surface area contributed by atoms with Crippen LogP contribution in [0.5, 0.6) is 5.75 Å². The van der Waals surface area contributed by atoms with E-state index in [-0.39, 0.29) is 11.2 Å². The largest absolute Gasteiger partial charge is 0.490 e. The maximum atomic E-state index is 11.7. The molecule has 0 amide bonds. The van der Waals surface area contributed by atoms with Gasteiger partial charge in [-0.3, -0.25) is 9.69 Å². The summed E-state index contributed by atoms with van der Waals surface area (Å²) in [7, 11) is 1.45. The van der Waals surface area contributed by atoms with Crippen molar-refractivity contribution in [2.24, 2.45) is 0 Å². The normalized spacial score (nSPS) is 15.2. The van der Waals surface area contributed by atoms with Crippen molar-refractivity contribution in [3.05, 3.63) is 46.0 Å². The van der Waals surface area contributed by atoms with Gasteiger partial charge in [-0.1, -0.05) is 0 Å². The first-order valence-electron chi connectivity index (χ1n) is 6.15. The van der Waals surface area contributed by atoms with Gasteiger partial charge in [0.25, 0.3) is 0 Å². The number of hydrogen-bond acceptors (Lipinski definition) is 5. The van der Waals surface area contributed by atoms with Gasteiger partial charge in [0.1, 0.15) is 12.0 Å². The number of nitrogens with one attached hydrogen (secondary N) is 1. The summed E-state index contributed by atoms with van der Waals surface area (Å²) in [6.07, 6.45) is 4.00. The van der Waals surface area contributed by atoms with Crippen LogP contribution in [0.15, 0.2) is 27.9 Å². The zero-order valence-corrected chi connectivity index (χ0v) is 10.7. The molecule has 0 aliphatic carbocycles. The molecule has 3 heterocycles. The van der Waals surface area contributed by atoms with Crippen LogP contribution in [0.1, 0.15) is 17.1 Å². The first-order valence-corrected chi connectivity index (χ1v) is 6.15. The van der Waals surface area contributed by atoms with E-state index in [9.17, 15) is 4.79 Å². The molecule has 0 atom stereocenters. The topological polar surface area (TPSA) is 71.4 Å². The molecule has 2 aromatic rings. The molecule has 3 rings (SSSR count). The van der Waals surface area contributed by atoms with E-state index < -0.39 is 0 Å². The smallest absolute Gasteiger partial charge is 0.227 e. The van der Waals surface area contributed by atoms with E-state index in [2.05, 4.69) is 14.9 Å². The Hall–Kier alpha value is -2.08. The number of rotatable bonds is 3. The summed E-state index contributed by atoms with van der Waals surface area (Å²) in [6.45, 7) is 2.32. The van der Waals surface area contributed by atoms with Crippen LogP contribution in [0, 0.1) is 0 Å². The number of imidazole rings is 1. The molecule has 1 aliphatic heterocycles. The van der Waals surface area contributed by atoms with Crippen LogP contribution in [0.4, 0.5) is 0 Å². The Labute approximate surface area is 110 Å². The summed E-state index contributed by atoms with van der Waals surface area (Å²) >= 11 is 0. The van der Waals surface area contributed by atoms with Gasteiger partial charge in [0.15, 0.2) is 0 Å². The van der Waals surface area contributed by atoms with Gasteiger partial charge in [0.2, 0.25) is 11.2 Å². The minimum absolute atomic E-state index is 0.150. The number of nitrogens with zero attached hydrogens (tertiary/aromatic N) is 2. The summed E-state index contributed by atoms with van der Waals surface area (Å²) in [6, 6.07) is 1.49. The van der Waals surface area contributed by atoms with Crippen molar-refractivity contribution in [1.82, 2.24) is 14.9 Å². The fourth-order valence-corrected chi connectivity index (χ4v) is 2.29. The van der Waals surface area contributed by atoms with Crippen LogP contribution in [-0.4, -0.2) is 28.5 Å². The van der Waals surface area contributed by atoms with Crippen molar-refractivity contribution in [3.63, 3.8) is 0 Å². The third kappa shape index (κ3) is 2.39. The SMILES string of the molecule is COc1coc(CN2CCc3nc[nH]c3C2)cc1=O. The van der Waals surface area contributed by atoms with Gasteiger partial charge in [-0.05, 0) is 0 Å². The number of aromatic amines is 1. The summed E-state index contributed by atoms with van der Waals surface area (Å²) in [5.41, 5.74) is 2.12. The second kappa shape index (κ2) is 4.89. The first-order chi connectivity index (χ1) is 9.26. The van der Waals surface area contributed by atoms with Gasteiger partial charge in [-0.25, -0.2) is 4.98 Å². The first kappa shape index (κ1) is 12.0. The second-order valence-electron chi connectivity index (χ2n) is 4.57. The summed E-state index contributed by atoms with van der Waals surface area (Å²) in [5, 5.41) is 0. The number of fused-ring (bicyclic) bond motifs is 1. The minimum atomic E-state index is -0.150. The van der Waals surface area contributed by atoms with Crippen LogP contribution in [-0.2, 0) is 19.5 Å². The third-order valence-corrected chi connectivity index (χ3v) is 3.31. The van der Waals surface area contributed by atoms with Gasteiger partial charge in [-0.15, -0.1) is 0 Å². The standard InChI is InChI=1S/C13H15N3O3/c1-18-13-7-19-9(4-12(13)17)5-16-3-2-10-11(6-16)15-8-14-10/h4,7-8H,2-3,5-6H2,1H3,(H,14,15). The Morgan fingerprint density at radius 2 is 2.47 bits per heavy atom. The van der Waals surface area contributed by atoms with Crippen molar-refractivity contribution >= 4 is 0 Å². The molecule has 6 nitrogen and oxygen atoms in total. The van der Waals surface area contributed by atoms with Crippen LogP contribution in [0.2, 0.25) is 0 Å². The highest BCUT2D eigenvalue weighted by Gasteiger charge is 2.19. The maximum absolute atomic E-state index is 11.7. The molecule has 1 N–H and O–H groups in total. The molecule has 0 radical (unpaired) electrons. The number of methoxy groups -OCH3 is 1. The molecule has 1 aliphatic rings. The lowest BCUT2D eigenvalue weighted by Gasteiger charge is -2.25. The van der Waals surface area contributed by atoms with E-state index in [4.69, 9.17) is 9.15 Å². The second-order valence-corrected chi connectivity index (χ2v) is 4.57. The summed E-state index contributed by atoms with van der Waals surface area (Å²) in [5.74, 6) is 0.881. The van der Waals surface area contributed by atoms with Gasteiger partial charge >= 0.3 is 0 Å². The highest BCUT2D eigenvalue weighted by Crippen LogP contribution is 2.17. The summed E-state index contributed by atoms with van der Waals surface area (Å²) in [4.78, 5) is 21.3. The van der Waals surface area contributed by atoms with E-state index in [0.29, 0.717) is 12.3 Å². The van der Waals surface area contributed by atoms with Crippen molar-refractivity contribution in [2.45, 2.75) is 19.5 Å². The van der Waals surface area contributed by atoms with E-state index in [1.54, 1.807) is 6.33 Å². The van der Waals surface area contributed by atoms with E-state index in [1.165, 1.54) is 19.4 Å². The number of aromatic nitrogens is 2. The molecular weight excluding hydrogens is 246 g/mol. The van der Waals surface area contributed by atoms with E-state index in [1.807, 2.05) is 0 Å². The monoisotopic (exact) mass is 261 g/mol. The Balaban J connectivity index is 1.73. The van der Waals surface area contributed by atoms with Crippen LogP contribution in [0.3, 0.4) is 0 Å². The highest BCUT2D eigenvalue weighted by molar-refractivity contribution is 5.18. The number of H-pyrrole nitrogens is 1. The lowest BCUT2D eigenvalue weighted by Crippen LogP contribution is -2.30. The van der Waals surface area contributed by atoms with E-state index >= 15 is 0 Å².